The molecule has 0 saturated heterocycles. The molecule has 6 atom stereocenters. The van der Waals surface area contributed by atoms with Crippen molar-refractivity contribution in [3.05, 3.63) is 18.2 Å². The van der Waals surface area contributed by atoms with Gasteiger partial charge in [0.15, 0.2) is 6.04 Å². The first-order valence-electron chi connectivity index (χ1n) is 11.1. The first-order chi connectivity index (χ1) is 16.4. The van der Waals surface area contributed by atoms with Crippen LogP contribution in [0.1, 0.15) is 45.7 Å². The van der Waals surface area contributed by atoms with Gasteiger partial charge in [0.2, 0.25) is 17.7 Å². The second-order valence-electron chi connectivity index (χ2n) is 8.32. The number of nitrogens with zero attached hydrogens (tertiary/aromatic N) is 1. The van der Waals surface area contributed by atoms with Crippen molar-refractivity contribution in [3.63, 3.8) is 0 Å². The summed E-state index contributed by atoms with van der Waals surface area (Å²) >= 11 is 0. The topological polar surface area (TPSA) is 237 Å². The summed E-state index contributed by atoms with van der Waals surface area (Å²) in [4.78, 5) is 67.4. The fourth-order valence-electron chi connectivity index (χ4n) is 3.13. The zero-order valence-corrected chi connectivity index (χ0v) is 19.9. The van der Waals surface area contributed by atoms with Crippen molar-refractivity contribution in [3.8, 4) is 0 Å². The molecule has 0 aromatic carbocycles. The second-order valence-corrected chi connectivity index (χ2v) is 8.32. The Kier molecular flexibility index (Phi) is 11.8. The quantitative estimate of drug-likeness (QED) is 0.134. The second kappa shape index (κ2) is 14.0. The lowest BCUT2D eigenvalue weighted by Crippen LogP contribution is -2.59. The van der Waals surface area contributed by atoms with Gasteiger partial charge in [0.25, 0.3) is 0 Å². The highest BCUT2D eigenvalue weighted by atomic mass is 16.4. The van der Waals surface area contributed by atoms with Crippen LogP contribution in [0, 0.1) is 5.92 Å². The lowest BCUT2D eigenvalue weighted by Gasteiger charge is -2.28. The van der Waals surface area contributed by atoms with E-state index >= 15 is 0 Å². The highest BCUT2D eigenvalue weighted by molar-refractivity contribution is 5.94. The van der Waals surface area contributed by atoms with Crippen molar-refractivity contribution in [2.45, 2.75) is 76.7 Å². The molecule has 35 heavy (non-hydrogen) atoms. The Bertz CT molecular complexity index is 875. The van der Waals surface area contributed by atoms with Gasteiger partial charge in [-0.1, -0.05) is 20.3 Å². The van der Waals surface area contributed by atoms with Crippen LogP contribution in [0.25, 0.3) is 0 Å². The minimum absolute atomic E-state index is 0.0902. The minimum Gasteiger partial charge on any atom is -0.481 e. The molecule has 1 rings (SSSR count). The third-order valence-electron chi connectivity index (χ3n) is 5.45. The van der Waals surface area contributed by atoms with Crippen LogP contribution in [0.5, 0.6) is 0 Å². The van der Waals surface area contributed by atoms with E-state index in [9.17, 15) is 34.2 Å². The molecule has 6 unspecified atom stereocenters. The molecule has 0 fully saturated rings. The Morgan fingerprint density at radius 2 is 1.66 bits per heavy atom. The highest BCUT2D eigenvalue weighted by Crippen LogP contribution is 2.11. The lowest BCUT2D eigenvalue weighted by molar-refractivity contribution is -0.145. The fraction of sp³-hybridized carbons (Fsp3) is 0.619. The summed E-state index contributed by atoms with van der Waals surface area (Å²) in [7, 11) is 0. The SMILES string of the molecule is CCC(C)C(NC(=O)C(CCC(=O)O)NC(=O)C(N)Cc1cnc[nH]1)C(=O)NC(C(=O)O)C(C)O. The predicted molar refractivity (Wildman–Crippen MR) is 122 cm³/mol. The maximum Gasteiger partial charge on any atom is 0.328 e. The van der Waals surface area contributed by atoms with Crippen LogP contribution < -0.4 is 21.7 Å². The van der Waals surface area contributed by atoms with E-state index in [1.54, 1.807) is 13.8 Å². The molecule has 1 aromatic heterocycles. The van der Waals surface area contributed by atoms with Crippen molar-refractivity contribution in [1.82, 2.24) is 25.9 Å². The van der Waals surface area contributed by atoms with Crippen molar-refractivity contribution >= 4 is 29.7 Å². The summed E-state index contributed by atoms with van der Waals surface area (Å²) in [6.07, 6.45) is 1.29. The standard InChI is InChI=1S/C21H34N6O8/c1-4-10(2)16(20(33)27-17(11(3)28)21(34)35)26-19(32)14(5-6-15(29)30)25-18(31)13(22)7-12-8-23-9-24-12/h8-11,13-14,16-17,28H,4-7,22H2,1-3H3,(H,23,24)(H,25,31)(H,26,32)(H,27,33)(H,29,30)(H,34,35). The first kappa shape index (κ1) is 29.5. The number of aliphatic hydroxyl groups is 1. The third-order valence-corrected chi connectivity index (χ3v) is 5.45. The molecule has 9 N–H and O–H groups in total. The summed E-state index contributed by atoms with van der Waals surface area (Å²) in [5.41, 5.74) is 6.47. The number of carbonyl (C=O) groups is 5. The molecule has 0 aliphatic heterocycles. The molecule has 1 heterocycles. The van der Waals surface area contributed by atoms with E-state index in [-0.39, 0.29) is 12.8 Å². The number of hydrogen-bond acceptors (Lipinski definition) is 8. The normalized spacial score (nSPS) is 16.1. The van der Waals surface area contributed by atoms with Crippen LogP contribution in [0.15, 0.2) is 12.5 Å². The molecule has 196 valence electrons. The summed E-state index contributed by atoms with van der Waals surface area (Å²) in [6.45, 7) is 4.59. The lowest BCUT2D eigenvalue weighted by atomic mass is 9.96. The Morgan fingerprint density at radius 1 is 1.03 bits per heavy atom. The van der Waals surface area contributed by atoms with E-state index in [0.717, 1.165) is 0 Å². The maximum atomic E-state index is 13.0. The van der Waals surface area contributed by atoms with Crippen LogP contribution in [0.3, 0.4) is 0 Å². The molecule has 0 radical (unpaired) electrons. The van der Waals surface area contributed by atoms with E-state index in [1.807, 2.05) is 0 Å². The Morgan fingerprint density at radius 3 is 2.14 bits per heavy atom. The molecule has 0 aliphatic carbocycles. The van der Waals surface area contributed by atoms with Crippen molar-refractivity contribution < 1.29 is 39.3 Å². The molecule has 14 heteroatoms. The number of H-pyrrole nitrogens is 1. The fourth-order valence-corrected chi connectivity index (χ4v) is 3.13. The van der Waals surface area contributed by atoms with E-state index in [2.05, 4.69) is 25.9 Å². The molecule has 3 amide bonds. The smallest absolute Gasteiger partial charge is 0.328 e. The zero-order chi connectivity index (χ0) is 26.7. The molecule has 0 spiro atoms. The molecule has 1 aromatic rings. The molecule has 14 nitrogen and oxygen atoms in total. The maximum absolute atomic E-state index is 13.0. The number of aromatic nitrogens is 2. The molecular formula is C21H34N6O8. The number of aliphatic carboxylic acids is 2. The number of amides is 3. The number of rotatable bonds is 15. The molecule has 0 saturated carbocycles. The number of hydrogen-bond donors (Lipinski definition) is 8. The summed E-state index contributed by atoms with van der Waals surface area (Å²) in [6, 6.07) is -5.20. The number of aromatic amines is 1. The van der Waals surface area contributed by atoms with E-state index in [0.29, 0.717) is 12.1 Å². The first-order valence-corrected chi connectivity index (χ1v) is 11.1. The van der Waals surface area contributed by atoms with Crippen molar-refractivity contribution in [2.24, 2.45) is 11.7 Å². The van der Waals surface area contributed by atoms with Crippen LogP contribution >= 0.6 is 0 Å². The Hall–Kier alpha value is -3.52. The molecular weight excluding hydrogens is 464 g/mol. The van der Waals surface area contributed by atoms with E-state index < -0.39 is 72.3 Å². The summed E-state index contributed by atoms with van der Waals surface area (Å²) in [5.74, 6) is -5.51. The van der Waals surface area contributed by atoms with Gasteiger partial charge in [0, 0.05) is 24.7 Å². The van der Waals surface area contributed by atoms with E-state index in [1.165, 1.54) is 19.4 Å². The van der Waals surface area contributed by atoms with Crippen molar-refractivity contribution in [2.75, 3.05) is 0 Å². The van der Waals surface area contributed by atoms with Gasteiger partial charge in [-0.25, -0.2) is 9.78 Å². The summed E-state index contributed by atoms with van der Waals surface area (Å²) in [5, 5.41) is 35.0. The molecule has 0 aliphatic rings. The number of carboxylic acid groups (broad SMARTS) is 2. The number of imidazole rings is 1. The van der Waals surface area contributed by atoms with Gasteiger partial charge < -0.3 is 42.0 Å². The van der Waals surface area contributed by atoms with E-state index in [4.69, 9.17) is 10.8 Å². The van der Waals surface area contributed by atoms with Crippen LogP contribution in [0.4, 0.5) is 0 Å². The van der Waals surface area contributed by atoms with Gasteiger partial charge in [0.05, 0.1) is 18.5 Å². The predicted octanol–water partition coefficient (Wildman–Crippen LogP) is -1.89. The average molecular weight is 499 g/mol. The van der Waals surface area contributed by atoms with Gasteiger partial charge >= 0.3 is 11.9 Å². The average Bonchev–Trinajstić information content (AvgIpc) is 3.29. The largest absolute Gasteiger partial charge is 0.481 e. The van der Waals surface area contributed by atoms with Gasteiger partial charge in [-0.3, -0.25) is 19.2 Å². The van der Waals surface area contributed by atoms with Crippen LogP contribution in [-0.4, -0.2) is 85.2 Å². The molecule has 0 bridgehead atoms. The number of aliphatic hydroxyl groups excluding tert-OH is 1. The number of nitrogens with one attached hydrogen (secondary N) is 4. The van der Waals surface area contributed by atoms with Crippen LogP contribution in [0.2, 0.25) is 0 Å². The third kappa shape index (κ3) is 9.70. The number of carboxylic acids is 2. The summed E-state index contributed by atoms with van der Waals surface area (Å²) < 4.78 is 0. The van der Waals surface area contributed by atoms with Gasteiger partial charge in [-0.15, -0.1) is 0 Å². The van der Waals surface area contributed by atoms with Crippen molar-refractivity contribution in [1.29, 1.82) is 0 Å². The number of carbonyl (C=O) groups excluding carboxylic acids is 3. The Labute approximate surface area is 202 Å². The van der Waals surface area contributed by atoms with Gasteiger partial charge in [0.1, 0.15) is 12.1 Å². The van der Waals surface area contributed by atoms with Gasteiger partial charge in [-0.2, -0.15) is 0 Å². The van der Waals surface area contributed by atoms with Crippen LogP contribution in [-0.2, 0) is 30.4 Å². The van der Waals surface area contributed by atoms with Gasteiger partial charge in [-0.05, 0) is 19.3 Å². The Balaban J connectivity index is 3.00. The monoisotopic (exact) mass is 498 g/mol. The zero-order valence-electron chi connectivity index (χ0n) is 19.9. The minimum atomic E-state index is -1.60. The highest BCUT2D eigenvalue weighted by Gasteiger charge is 2.34. The number of nitrogens with two attached hydrogens (primary N) is 1.